The monoisotopic (exact) mass is 454 g/mol. The van der Waals surface area contributed by atoms with Crippen LogP contribution in [0.1, 0.15) is 28.3 Å². The molecule has 3 aromatic carbocycles. The second kappa shape index (κ2) is 9.13. The molecule has 4 rings (SSSR count). The van der Waals surface area contributed by atoms with Gasteiger partial charge < -0.3 is 0 Å². The van der Waals surface area contributed by atoms with Crippen LogP contribution >= 0.6 is 11.6 Å². The highest BCUT2D eigenvalue weighted by atomic mass is 35.5. The summed E-state index contributed by atoms with van der Waals surface area (Å²) in [6.07, 6.45) is 0. The molecule has 0 saturated carbocycles. The van der Waals surface area contributed by atoms with Gasteiger partial charge in [-0.15, -0.1) is 0 Å². The lowest BCUT2D eigenvalue weighted by Gasteiger charge is -2.39. The van der Waals surface area contributed by atoms with Gasteiger partial charge >= 0.3 is 0 Å². The van der Waals surface area contributed by atoms with E-state index in [0.717, 1.165) is 5.56 Å². The van der Waals surface area contributed by atoms with Crippen molar-refractivity contribution in [3.05, 3.63) is 100 Å². The van der Waals surface area contributed by atoms with Gasteiger partial charge in [0.1, 0.15) is 0 Å². The van der Waals surface area contributed by atoms with Crippen molar-refractivity contribution >= 4 is 21.6 Å². The molecule has 1 saturated heterocycles. The standard InChI is InChI=1S/C25H27ClN2O2S/c1-19-18-24(20(2)17-23(19)26)31(29,30)28-15-13-27(14-16-28)25(21-9-5-3-6-10-21)22-11-7-4-8-12-22/h3-12,17-18,25H,13-16H2,1-2H3. The van der Waals surface area contributed by atoms with E-state index in [-0.39, 0.29) is 6.04 Å². The van der Waals surface area contributed by atoms with Crippen LogP contribution in [0.3, 0.4) is 0 Å². The van der Waals surface area contributed by atoms with Crippen LogP contribution in [-0.2, 0) is 10.0 Å². The first-order valence-corrected chi connectivity index (χ1v) is 12.3. The minimum atomic E-state index is -3.56. The van der Waals surface area contributed by atoms with Crippen molar-refractivity contribution in [3.63, 3.8) is 0 Å². The summed E-state index contributed by atoms with van der Waals surface area (Å²) < 4.78 is 28.3. The average Bonchev–Trinajstić information content (AvgIpc) is 2.78. The Morgan fingerprint density at radius 2 is 1.29 bits per heavy atom. The quantitative estimate of drug-likeness (QED) is 0.541. The summed E-state index contributed by atoms with van der Waals surface area (Å²) in [6, 6.07) is 24.3. The van der Waals surface area contributed by atoms with E-state index in [0.29, 0.717) is 41.7 Å². The van der Waals surface area contributed by atoms with Crippen LogP contribution < -0.4 is 0 Å². The van der Waals surface area contributed by atoms with Crippen LogP contribution in [0.2, 0.25) is 5.02 Å². The third kappa shape index (κ3) is 4.55. The van der Waals surface area contributed by atoms with E-state index < -0.39 is 10.0 Å². The Morgan fingerprint density at radius 3 is 1.81 bits per heavy atom. The molecule has 6 heteroatoms. The molecule has 0 N–H and O–H groups in total. The van der Waals surface area contributed by atoms with E-state index in [2.05, 4.69) is 53.4 Å². The fourth-order valence-corrected chi connectivity index (χ4v) is 6.19. The van der Waals surface area contributed by atoms with Gasteiger partial charge in [0.25, 0.3) is 0 Å². The second-order valence-electron chi connectivity index (χ2n) is 8.03. The maximum atomic E-state index is 13.4. The van der Waals surface area contributed by atoms with E-state index in [9.17, 15) is 8.42 Å². The molecule has 1 aliphatic heterocycles. The zero-order chi connectivity index (χ0) is 22.0. The molecular formula is C25H27ClN2O2S. The first kappa shape index (κ1) is 22.0. The summed E-state index contributed by atoms with van der Waals surface area (Å²) in [5.74, 6) is 0. The maximum absolute atomic E-state index is 13.4. The highest BCUT2D eigenvalue weighted by Gasteiger charge is 2.33. The molecule has 1 fully saturated rings. The highest BCUT2D eigenvalue weighted by molar-refractivity contribution is 7.89. The van der Waals surface area contributed by atoms with Crippen molar-refractivity contribution in [2.24, 2.45) is 0 Å². The van der Waals surface area contributed by atoms with Gasteiger partial charge in [-0.05, 0) is 48.2 Å². The molecule has 4 nitrogen and oxygen atoms in total. The van der Waals surface area contributed by atoms with Crippen LogP contribution in [-0.4, -0.2) is 43.8 Å². The molecular weight excluding hydrogens is 428 g/mol. The van der Waals surface area contributed by atoms with Gasteiger partial charge in [-0.3, -0.25) is 4.90 Å². The summed E-state index contributed by atoms with van der Waals surface area (Å²) >= 11 is 6.18. The molecule has 1 heterocycles. The minimum absolute atomic E-state index is 0.103. The fourth-order valence-electron chi connectivity index (χ4n) is 4.26. The number of hydrogen-bond acceptors (Lipinski definition) is 3. The molecule has 0 atom stereocenters. The van der Waals surface area contributed by atoms with Crippen LogP contribution in [0.25, 0.3) is 0 Å². The smallest absolute Gasteiger partial charge is 0.243 e. The molecule has 162 valence electrons. The Bertz CT molecular complexity index is 1100. The van der Waals surface area contributed by atoms with E-state index in [1.54, 1.807) is 23.4 Å². The van der Waals surface area contributed by atoms with Gasteiger partial charge in [0.2, 0.25) is 10.0 Å². The van der Waals surface area contributed by atoms with Crippen molar-refractivity contribution in [2.45, 2.75) is 24.8 Å². The first-order valence-electron chi connectivity index (χ1n) is 10.5. The minimum Gasteiger partial charge on any atom is -0.290 e. The van der Waals surface area contributed by atoms with Gasteiger partial charge in [-0.1, -0.05) is 72.3 Å². The van der Waals surface area contributed by atoms with Crippen molar-refractivity contribution in [1.29, 1.82) is 0 Å². The lowest BCUT2D eigenvalue weighted by Crippen LogP contribution is -2.49. The summed E-state index contributed by atoms with van der Waals surface area (Å²) in [6.45, 7) is 5.89. The fraction of sp³-hybridized carbons (Fsp3) is 0.280. The molecule has 0 bridgehead atoms. The molecule has 1 aliphatic rings. The van der Waals surface area contributed by atoms with Crippen molar-refractivity contribution in [2.75, 3.05) is 26.2 Å². The number of rotatable bonds is 5. The molecule has 0 aromatic heterocycles. The molecule has 0 aliphatic carbocycles. The second-order valence-corrected chi connectivity index (χ2v) is 10.3. The third-order valence-electron chi connectivity index (χ3n) is 5.94. The van der Waals surface area contributed by atoms with Gasteiger partial charge in [0.15, 0.2) is 0 Å². The molecule has 3 aromatic rings. The molecule has 0 spiro atoms. The largest absolute Gasteiger partial charge is 0.290 e. The summed E-state index contributed by atoms with van der Waals surface area (Å²) in [4.78, 5) is 2.72. The zero-order valence-electron chi connectivity index (χ0n) is 17.8. The third-order valence-corrected chi connectivity index (χ3v) is 8.39. The molecule has 0 amide bonds. The van der Waals surface area contributed by atoms with Crippen LogP contribution in [0.4, 0.5) is 0 Å². The number of sulfonamides is 1. The van der Waals surface area contributed by atoms with E-state index in [4.69, 9.17) is 11.6 Å². The van der Waals surface area contributed by atoms with Crippen LogP contribution in [0, 0.1) is 13.8 Å². The Hall–Kier alpha value is -2.18. The predicted octanol–water partition coefficient (Wildman–Crippen LogP) is 5.05. The Kier molecular flexibility index (Phi) is 6.49. The highest BCUT2D eigenvalue weighted by Crippen LogP contribution is 2.31. The molecule has 0 unspecified atom stereocenters. The van der Waals surface area contributed by atoms with E-state index >= 15 is 0 Å². The van der Waals surface area contributed by atoms with Crippen molar-refractivity contribution < 1.29 is 8.42 Å². The SMILES string of the molecule is Cc1cc(S(=O)(=O)N2CCN(C(c3ccccc3)c3ccccc3)CC2)c(C)cc1Cl. The normalized spacial score (nSPS) is 16.0. The Balaban J connectivity index is 1.58. The van der Waals surface area contributed by atoms with Gasteiger partial charge in [-0.2, -0.15) is 4.31 Å². The lowest BCUT2D eigenvalue weighted by atomic mass is 9.96. The van der Waals surface area contributed by atoms with Crippen LogP contribution in [0.5, 0.6) is 0 Å². The number of aryl methyl sites for hydroxylation is 2. The zero-order valence-corrected chi connectivity index (χ0v) is 19.4. The van der Waals surface area contributed by atoms with E-state index in [1.165, 1.54) is 11.1 Å². The number of benzene rings is 3. The average molecular weight is 455 g/mol. The lowest BCUT2D eigenvalue weighted by molar-refractivity contribution is 0.156. The Labute approximate surface area is 190 Å². The topological polar surface area (TPSA) is 40.6 Å². The van der Waals surface area contributed by atoms with Gasteiger partial charge in [-0.25, -0.2) is 8.42 Å². The maximum Gasteiger partial charge on any atom is 0.243 e. The first-order chi connectivity index (χ1) is 14.9. The van der Waals surface area contributed by atoms with E-state index in [1.807, 2.05) is 19.1 Å². The number of halogens is 1. The predicted molar refractivity (Wildman–Crippen MR) is 126 cm³/mol. The van der Waals surface area contributed by atoms with Gasteiger partial charge in [0.05, 0.1) is 10.9 Å². The number of nitrogens with zero attached hydrogens (tertiary/aromatic N) is 2. The van der Waals surface area contributed by atoms with Crippen molar-refractivity contribution in [3.8, 4) is 0 Å². The number of hydrogen-bond donors (Lipinski definition) is 0. The number of piperazine rings is 1. The molecule has 31 heavy (non-hydrogen) atoms. The Morgan fingerprint density at radius 1 is 0.774 bits per heavy atom. The van der Waals surface area contributed by atoms with Gasteiger partial charge in [0, 0.05) is 31.2 Å². The van der Waals surface area contributed by atoms with Crippen LogP contribution in [0.15, 0.2) is 77.7 Å². The molecule has 0 radical (unpaired) electrons. The summed E-state index contributed by atoms with van der Waals surface area (Å²) in [5.41, 5.74) is 3.89. The summed E-state index contributed by atoms with van der Waals surface area (Å²) in [5, 5.41) is 0.592. The van der Waals surface area contributed by atoms with Crippen molar-refractivity contribution in [1.82, 2.24) is 9.21 Å². The summed E-state index contributed by atoms with van der Waals surface area (Å²) in [7, 11) is -3.56.